The maximum atomic E-state index is 13.2. The van der Waals surface area contributed by atoms with Crippen molar-refractivity contribution in [3.8, 4) is 0 Å². The molecule has 0 rings (SSSR count). The van der Waals surface area contributed by atoms with E-state index in [9.17, 15) is 44.7 Å². The first kappa shape index (κ1) is 28.1. The Balaban J connectivity index is 4.40. The minimum atomic E-state index is -6.45. The first-order valence-electron chi connectivity index (χ1n) is 9.12. The van der Waals surface area contributed by atoms with Crippen LogP contribution in [-0.4, -0.2) is 48.8 Å². The molecule has 1 atom stereocenters. The number of allylic oxidation sites excluding steroid dienone is 1. The molecule has 0 heterocycles. The molecule has 0 aliphatic heterocycles. The molecule has 0 spiro atoms. The summed E-state index contributed by atoms with van der Waals surface area (Å²) < 4.78 is 111. The Labute approximate surface area is 168 Å². The van der Waals surface area contributed by atoms with E-state index in [1.54, 1.807) is 13.0 Å². The molecule has 1 unspecified atom stereocenters. The van der Waals surface area contributed by atoms with Gasteiger partial charge in [0.1, 0.15) is 6.10 Å². The number of carbonyl (C=O) groups excluding carboxylic acids is 2. The Morgan fingerprint density at radius 3 is 2.07 bits per heavy atom. The largest absolute Gasteiger partial charge is 0.459 e. The summed E-state index contributed by atoms with van der Waals surface area (Å²) in [7, 11) is 0. The van der Waals surface area contributed by atoms with Crippen LogP contribution >= 0.6 is 0 Å². The number of hydrogen-bond acceptors (Lipinski definition) is 4. The minimum Gasteiger partial charge on any atom is -0.459 e. The number of rotatable bonds is 14. The summed E-state index contributed by atoms with van der Waals surface area (Å²) in [6.07, 6.45) is -0.609. The van der Waals surface area contributed by atoms with Gasteiger partial charge in [0, 0.05) is 12.8 Å². The van der Waals surface area contributed by atoms with Crippen LogP contribution in [0.1, 0.15) is 52.4 Å². The number of esters is 2. The predicted octanol–water partition coefficient (Wildman–Crippen LogP) is 5.55. The van der Waals surface area contributed by atoms with Crippen LogP contribution in [0.15, 0.2) is 12.2 Å². The zero-order valence-electron chi connectivity index (χ0n) is 16.4. The van der Waals surface area contributed by atoms with Crippen molar-refractivity contribution < 1.29 is 54.2 Å². The Bertz CT molecular complexity index is 579. The van der Waals surface area contributed by atoms with E-state index in [1.165, 1.54) is 0 Å². The molecule has 0 aromatic rings. The van der Waals surface area contributed by atoms with Crippen molar-refractivity contribution >= 4 is 11.9 Å². The van der Waals surface area contributed by atoms with E-state index in [2.05, 4.69) is 4.74 Å². The lowest BCUT2D eigenvalue weighted by Gasteiger charge is -2.31. The van der Waals surface area contributed by atoms with Gasteiger partial charge in [0.2, 0.25) is 0 Å². The van der Waals surface area contributed by atoms with Gasteiger partial charge < -0.3 is 9.47 Å². The maximum absolute atomic E-state index is 13.2. The molecule has 0 bridgehead atoms. The summed E-state index contributed by atoms with van der Waals surface area (Å²) in [5, 5.41) is 0. The predicted molar refractivity (Wildman–Crippen MR) is 89.9 cm³/mol. The van der Waals surface area contributed by atoms with Crippen molar-refractivity contribution in [3.63, 3.8) is 0 Å². The van der Waals surface area contributed by atoms with Crippen LogP contribution in [0, 0.1) is 0 Å². The normalized spacial score (nSPS) is 14.2. The molecular formula is C18H24F8O4. The summed E-state index contributed by atoms with van der Waals surface area (Å²) in [6.45, 7) is 1.07. The molecule has 176 valence electrons. The zero-order valence-corrected chi connectivity index (χ0v) is 16.4. The highest BCUT2D eigenvalue weighted by Gasteiger charge is 2.75. The first-order valence-corrected chi connectivity index (χ1v) is 9.12. The van der Waals surface area contributed by atoms with Crippen molar-refractivity contribution in [2.24, 2.45) is 0 Å². The lowest BCUT2D eigenvalue weighted by molar-refractivity contribution is -0.344. The van der Waals surface area contributed by atoms with Gasteiger partial charge in [-0.15, -0.1) is 0 Å². The summed E-state index contributed by atoms with van der Waals surface area (Å²) in [6, 6.07) is 0. The number of ether oxygens (including phenoxy) is 2. The second-order valence-electron chi connectivity index (χ2n) is 6.48. The molecule has 0 aromatic carbocycles. The van der Waals surface area contributed by atoms with E-state index < -0.39 is 55.3 Å². The third kappa shape index (κ3) is 8.47. The van der Waals surface area contributed by atoms with E-state index in [-0.39, 0.29) is 12.8 Å². The fourth-order valence-corrected chi connectivity index (χ4v) is 2.01. The van der Waals surface area contributed by atoms with Crippen LogP contribution in [0.5, 0.6) is 0 Å². The fraction of sp³-hybridized carbons (Fsp3) is 0.778. The van der Waals surface area contributed by atoms with Crippen LogP contribution in [0.25, 0.3) is 0 Å². The van der Waals surface area contributed by atoms with Crippen molar-refractivity contribution in [3.05, 3.63) is 12.2 Å². The van der Waals surface area contributed by atoms with Gasteiger partial charge >= 0.3 is 36.1 Å². The van der Waals surface area contributed by atoms with Gasteiger partial charge in [0.15, 0.2) is 6.61 Å². The van der Waals surface area contributed by atoms with Crippen molar-refractivity contribution in [2.45, 2.75) is 82.7 Å². The number of carbonyl (C=O) groups is 2. The highest BCUT2D eigenvalue weighted by Crippen LogP contribution is 2.48. The van der Waals surface area contributed by atoms with Gasteiger partial charge in [-0.05, 0) is 25.8 Å². The van der Waals surface area contributed by atoms with Crippen LogP contribution in [0.2, 0.25) is 0 Å². The number of hydrogen-bond donors (Lipinski definition) is 0. The molecule has 4 nitrogen and oxygen atoms in total. The van der Waals surface area contributed by atoms with Gasteiger partial charge in [-0.1, -0.05) is 25.8 Å². The zero-order chi connectivity index (χ0) is 23.6. The molecule has 0 amide bonds. The SMILES string of the molecule is CCCC/C=C/C(C)OC(=O)CCCC(=O)OCC(F)(F)C(F)(F)C(F)(F)C(F)F. The van der Waals surface area contributed by atoms with Crippen LogP contribution < -0.4 is 0 Å². The average molecular weight is 456 g/mol. The smallest absolute Gasteiger partial charge is 0.381 e. The highest BCUT2D eigenvalue weighted by molar-refractivity contribution is 5.72. The van der Waals surface area contributed by atoms with E-state index in [4.69, 9.17) is 4.74 Å². The summed E-state index contributed by atoms with van der Waals surface area (Å²) in [5.74, 6) is -20.7. The molecule has 0 aliphatic carbocycles. The van der Waals surface area contributed by atoms with Gasteiger partial charge in [0.05, 0.1) is 0 Å². The lowest BCUT2D eigenvalue weighted by Crippen LogP contribution is -2.59. The van der Waals surface area contributed by atoms with Gasteiger partial charge in [-0.2, -0.15) is 26.3 Å². The van der Waals surface area contributed by atoms with E-state index in [0.717, 1.165) is 19.3 Å². The van der Waals surface area contributed by atoms with E-state index >= 15 is 0 Å². The second kappa shape index (κ2) is 12.1. The van der Waals surface area contributed by atoms with Crippen molar-refractivity contribution in [1.82, 2.24) is 0 Å². The molecule has 0 aromatic heterocycles. The van der Waals surface area contributed by atoms with Crippen molar-refractivity contribution in [2.75, 3.05) is 6.61 Å². The van der Waals surface area contributed by atoms with Crippen LogP contribution in [0.4, 0.5) is 35.1 Å². The van der Waals surface area contributed by atoms with Crippen molar-refractivity contribution in [1.29, 1.82) is 0 Å². The molecule has 0 saturated carbocycles. The molecular weight excluding hydrogens is 432 g/mol. The fourth-order valence-electron chi connectivity index (χ4n) is 2.01. The Hall–Kier alpha value is -1.88. The van der Waals surface area contributed by atoms with Crippen LogP contribution in [0.3, 0.4) is 0 Å². The van der Waals surface area contributed by atoms with E-state index in [0.29, 0.717) is 0 Å². The summed E-state index contributed by atoms with van der Waals surface area (Å²) in [4.78, 5) is 22.9. The number of alkyl halides is 8. The third-order valence-corrected chi connectivity index (χ3v) is 3.78. The minimum absolute atomic E-state index is 0.251. The number of unbranched alkanes of at least 4 members (excludes halogenated alkanes) is 2. The molecule has 30 heavy (non-hydrogen) atoms. The standard InChI is InChI=1S/C18H24F8O4/c1-3-4-5-6-8-12(2)30-14(28)10-7-9-13(27)29-11-16(21,22)18(25,26)17(23,24)15(19)20/h6,8,12,15H,3-5,7,9-11H2,1-2H3/b8-6+. The monoisotopic (exact) mass is 456 g/mol. The molecule has 0 aliphatic rings. The van der Waals surface area contributed by atoms with Gasteiger partial charge in [-0.3, -0.25) is 9.59 Å². The maximum Gasteiger partial charge on any atom is 0.381 e. The third-order valence-electron chi connectivity index (χ3n) is 3.78. The average Bonchev–Trinajstić information content (AvgIpc) is 2.63. The molecule has 0 N–H and O–H groups in total. The quantitative estimate of drug-likeness (QED) is 0.149. The van der Waals surface area contributed by atoms with Crippen LogP contribution in [-0.2, 0) is 19.1 Å². The van der Waals surface area contributed by atoms with Gasteiger partial charge in [-0.25, -0.2) is 8.78 Å². The first-order chi connectivity index (χ1) is 13.7. The van der Waals surface area contributed by atoms with E-state index in [1.807, 2.05) is 13.0 Å². The molecule has 12 heteroatoms. The lowest BCUT2D eigenvalue weighted by atomic mass is 10.1. The Kier molecular flexibility index (Phi) is 11.3. The Morgan fingerprint density at radius 1 is 0.967 bits per heavy atom. The molecule has 0 saturated heterocycles. The molecule has 0 fully saturated rings. The topological polar surface area (TPSA) is 52.6 Å². The number of halogens is 8. The summed E-state index contributed by atoms with van der Waals surface area (Å²) in [5.41, 5.74) is 0. The summed E-state index contributed by atoms with van der Waals surface area (Å²) >= 11 is 0. The van der Waals surface area contributed by atoms with Gasteiger partial charge in [0.25, 0.3) is 0 Å². The molecule has 0 radical (unpaired) electrons. The second-order valence-corrected chi connectivity index (χ2v) is 6.48. The highest BCUT2D eigenvalue weighted by atomic mass is 19.4. The Morgan fingerprint density at radius 2 is 1.53 bits per heavy atom.